The van der Waals surface area contributed by atoms with Gasteiger partial charge in [0.2, 0.25) is 11.8 Å². The molecule has 2 amide bonds. The summed E-state index contributed by atoms with van der Waals surface area (Å²) in [5.74, 6) is 1.83. The molecule has 2 unspecified atom stereocenters. The molecule has 0 aromatic heterocycles. The second kappa shape index (κ2) is 7.76. The number of nitrogens with one attached hydrogen (secondary N) is 1. The number of hydrogen-bond acceptors (Lipinski definition) is 4. The van der Waals surface area contributed by atoms with Gasteiger partial charge in [-0.3, -0.25) is 9.59 Å². The summed E-state index contributed by atoms with van der Waals surface area (Å²) in [4.78, 5) is 28.4. The molecule has 2 heterocycles. The number of nitrogens with zero attached hydrogens (tertiary/aromatic N) is 1. The number of rotatable bonds is 3. The van der Waals surface area contributed by atoms with E-state index in [0.717, 1.165) is 28.6 Å². The first kappa shape index (κ1) is 17.5. The third-order valence-corrected chi connectivity index (χ3v) is 7.00. The highest BCUT2D eigenvalue weighted by Crippen LogP contribution is 2.38. The van der Waals surface area contributed by atoms with Gasteiger partial charge in [0.15, 0.2) is 0 Å². The zero-order valence-electron chi connectivity index (χ0n) is 14.3. The molecule has 0 spiro atoms. The molecule has 0 bridgehead atoms. The summed E-state index contributed by atoms with van der Waals surface area (Å²) in [6.07, 6.45) is 0.235. The largest absolute Gasteiger partial charge is 0.334 e. The fraction of sp³-hybridized carbons (Fsp3) is 0.300. The summed E-state index contributed by atoms with van der Waals surface area (Å²) in [5, 5.41) is 2.55. The van der Waals surface area contributed by atoms with Crippen molar-refractivity contribution in [1.29, 1.82) is 0 Å². The van der Waals surface area contributed by atoms with E-state index in [4.69, 9.17) is 0 Å². The summed E-state index contributed by atoms with van der Waals surface area (Å²) in [5.41, 5.74) is 2.00. The van der Waals surface area contributed by atoms with E-state index in [0.29, 0.717) is 0 Å². The normalized spacial score (nSPS) is 22.5. The summed E-state index contributed by atoms with van der Waals surface area (Å²) in [6, 6.07) is 18.0. The minimum Gasteiger partial charge on any atom is -0.334 e. The zero-order chi connectivity index (χ0) is 17.9. The topological polar surface area (TPSA) is 49.4 Å². The van der Waals surface area contributed by atoms with E-state index in [9.17, 15) is 9.59 Å². The van der Waals surface area contributed by atoms with E-state index < -0.39 is 0 Å². The van der Waals surface area contributed by atoms with Gasteiger partial charge in [-0.15, -0.1) is 11.8 Å². The van der Waals surface area contributed by atoms with Crippen molar-refractivity contribution < 1.29 is 9.59 Å². The van der Waals surface area contributed by atoms with Gasteiger partial charge in [0, 0.05) is 29.4 Å². The van der Waals surface area contributed by atoms with Crippen LogP contribution >= 0.6 is 23.5 Å². The summed E-state index contributed by atoms with van der Waals surface area (Å²) < 4.78 is 0. The lowest BCUT2D eigenvalue weighted by molar-refractivity contribution is -0.134. The van der Waals surface area contributed by atoms with Crippen LogP contribution in [0.1, 0.15) is 18.0 Å². The molecule has 2 aliphatic rings. The van der Waals surface area contributed by atoms with Gasteiger partial charge in [-0.2, -0.15) is 11.8 Å². The molecule has 1 saturated heterocycles. The van der Waals surface area contributed by atoms with Crippen LogP contribution in [-0.4, -0.2) is 40.0 Å². The van der Waals surface area contributed by atoms with Gasteiger partial charge in [0.1, 0.15) is 0 Å². The Bertz CT molecular complexity index is 812. The van der Waals surface area contributed by atoms with Crippen LogP contribution < -0.4 is 5.32 Å². The molecular weight excluding hydrogens is 364 g/mol. The first-order valence-electron chi connectivity index (χ1n) is 8.71. The molecule has 4 nitrogen and oxygen atoms in total. The van der Waals surface area contributed by atoms with Gasteiger partial charge in [-0.1, -0.05) is 42.5 Å². The average Bonchev–Trinajstić information content (AvgIpc) is 2.69. The van der Waals surface area contributed by atoms with Crippen LogP contribution in [0.2, 0.25) is 0 Å². The monoisotopic (exact) mass is 384 g/mol. The molecule has 2 aliphatic heterocycles. The van der Waals surface area contributed by atoms with Crippen molar-refractivity contribution in [3.8, 4) is 0 Å². The molecule has 1 fully saturated rings. The quantitative estimate of drug-likeness (QED) is 0.874. The van der Waals surface area contributed by atoms with E-state index in [1.165, 1.54) is 17.3 Å². The summed E-state index contributed by atoms with van der Waals surface area (Å²) in [6.45, 7) is 0.735. The number of carbonyl (C=O) groups is 2. The van der Waals surface area contributed by atoms with Crippen molar-refractivity contribution in [1.82, 2.24) is 4.90 Å². The Balaban J connectivity index is 1.49. The second-order valence-corrected chi connectivity index (χ2v) is 8.78. The number of benzene rings is 2. The molecular formula is C20H20N2O2S2. The van der Waals surface area contributed by atoms with Crippen molar-refractivity contribution in [3.63, 3.8) is 0 Å². The van der Waals surface area contributed by atoms with Crippen LogP contribution in [0.3, 0.4) is 0 Å². The number of anilines is 1. The maximum absolute atomic E-state index is 13.0. The van der Waals surface area contributed by atoms with E-state index in [1.54, 1.807) is 0 Å². The van der Waals surface area contributed by atoms with Gasteiger partial charge in [-0.05, 0) is 17.7 Å². The molecule has 6 heteroatoms. The van der Waals surface area contributed by atoms with E-state index in [1.807, 2.05) is 59.1 Å². The van der Waals surface area contributed by atoms with Crippen molar-refractivity contribution in [2.45, 2.75) is 22.6 Å². The summed E-state index contributed by atoms with van der Waals surface area (Å²) >= 11 is 3.37. The molecule has 0 saturated carbocycles. The zero-order valence-corrected chi connectivity index (χ0v) is 15.9. The predicted molar refractivity (Wildman–Crippen MR) is 108 cm³/mol. The number of fused-ring (bicyclic) bond motifs is 1. The maximum atomic E-state index is 13.0. The third kappa shape index (κ3) is 3.62. The van der Waals surface area contributed by atoms with Crippen molar-refractivity contribution >= 4 is 41.0 Å². The standard InChI is InChI=1S/C20H20N2O2S2/c23-19(12-18-20(24)21-15-8-4-5-9-17(15)26-18)22-10-11-25-13-16(22)14-6-2-1-3-7-14/h1-9,16,18H,10-13H2,(H,21,24). The average molecular weight is 385 g/mol. The molecule has 0 radical (unpaired) electrons. The second-order valence-electron chi connectivity index (χ2n) is 6.38. The Kier molecular flexibility index (Phi) is 5.22. The lowest BCUT2D eigenvalue weighted by Gasteiger charge is -2.36. The molecule has 134 valence electrons. The first-order chi connectivity index (χ1) is 12.7. The van der Waals surface area contributed by atoms with Crippen LogP contribution in [0.15, 0.2) is 59.5 Å². The van der Waals surface area contributed by atoms with Crippen LogP contribution in [-0.2, 0) is 9.59 Å². The predicted octanol–water partition coefficient (Wildman–Crippen LogP) is 3.81. The molecule has 0 aliphatic carbocycles. The highest BCUT2D eigenvalue weighted by molar-refractivity contribution is 8.01. The third-order valence-electron chi connectivity index (χ3n) is 4.70. The van der Waals surface area contributed by atoms with Gasteiger partial charge < -0.3 is 10.2 Å². The minimum atomic E-state index is -0.372. The SMILES string of the molecule is O=C1Nc2ccccc2SC1CC(=O)N1CCSCC1c1ccccc1. The minimum absolute atomic E-state index is 0.0613. The molecule has 2 aromatic rings. The lowest BCUT2D eigenvalue weighted by Crippen LogP contribution is -2.43. The molecule has 2 atom stereocenters. The molecule has 2 aromatic carbocycles. The number of carbonyl (C=O) groups excluding carboxylic acids is 2. The number of amides is 2. The van der Waals surface area contributed by atoms with E-state index >= 15 is 0 Å². The highest BCUT2D eigenvalue weighted by Gasteiger charge is 2.34. The van der Waals surface area contributed by atoms with Gasteiger partial charge in [-0.25, -0.2) is 0 Å². The van der Waals surface area contributed by atoms with Crippen LogP contribution in [0, 0.1) is 0 Å². The fourth-order valence-electron chi connectivity index (χ4n) is 3.36. The van der Waals surface area contributed by atoms with Gasteiger partial charge in [0.05, 0.1) is 17.0 Å². The van der Waals surface area contributed by atoms with E-state index in [2.05, 4.69) is 17.4 Å². The Morgan fingerprint density at radius 3 is 2.73 bits per heavy atom. The maximum Gasteiger partial charge on any atom is 0.238 e. The van der Waals surface area contributed by atoms with Gasteiger partial charge in [0.25, 0.3) is 0 Å². The van der Waals surface area contributed by atoms with E-state index in [-0.39, 0.29) is 29.5 Å². The number of para-hydroxylation sites is 1. The molecule has 26 heavy (non-hydrogen) atoms. The molecule has 4 rings (SSSR count). The highest BCUT2D eigenvalue weighted by atomic mass is 32.2. The van der Waals surface area contributed by atoms with Crippen molar-refractivity contribution in [2.24, 2.45) is 0 Å². The first-order valence-corrected chi connectivity index (χ1v) is 10.7. The Labute approximate surface area is 161 Å². The number of thioether (sulfide) groups is 2. The number of hydrogen-bond donors (Lipinski definition) is 1. The smallest absolute Gasteiger partial charge is 0.238 e. The van der Waals surface area contributed by atoms with Crippen molar-refractivity contribution in [3.05, 3.63) is 60.2 Å². The lowest BCUT2D eigenvalue weighted by atomic mass is 10.1. The van der Waals surface area contributed by atoms with Crippen LogP contribution in [0.4, 0.5) is 5.69 Å². The van der Waals surface area contributed by atoms with Crippen LogP contribution in [0.25, 0.3) is 0 Å². The Hall–Kier alpha value is -1.92. The van der Waals surface area contributed by atoms with Crippen molar-refractivity contribution in [2.75, 3.05) is 23.4 Å². The Morgan fingerprint density at radius 1 is 1.12 bits per heavy atom. The summed E-state index contributed by atoms with van der Waals surface area (Å²) in [7, 11) is 0. The van der Waals surface area contributed by atoms with Crippen LogP contribution in [0.5, 0.6) is 0 Å². The fourth-order valence-corrected chi connectivity index (χ4v) is 5.55. The van der Waals surface area contributed by atoms with Gasteiger partial charge >= 0.3 is 0 Å². The Morgan fingerprint density at radius 2 is 1.88 bits per heavy atom. The molecule has 1 N–H and O–H groups in total.